The standard InChI is InChI=1S/C26H32N4O3/c31-24-11-4-5-14-30(24)23-10-6-9-22(17-23)28-26(33)25(32)27-18-20-12-15-29(16-13-20)19-21-7-2-1-3-8-21/h1-3,6-10,17,20H,4-5,11-16,18-19H2,(H,27,32)(H,28,33). The topological polar surface area (TPSA) is 81.8 Å². The summed E-state index contributed by atoms with van der Waals surface area (Å²) in [5, 5.41) is 5.45. The summed E-state index contributed by atoms with van der Waals surface area (Å²) >= 11 is 0. The van der Waals surface area contributed by atoms with Crippen LogP contribution in [0.25, 0.3) is 0 Å². The van der Waals surface area contributed by atoms with Gasteiger partial charge < -0.3 is 15.5 Å². The molecule has 33 heavy (non-hydrogen) atoms. The summed E-state index contributed by atoms with van der Waals surface area (Å²) in [7, 11) is 0. The van der Waals surface area contributed by atoms with E-state index in [0.29, 0.717) is 31.1 Å². The molecule has 0 saturated carbocycles. The van der Waals surface area contributed by atoms with E-state index < -0.39 is 11.8 Å². The lowest BCUT2D eigenvalue weighted by Crippen LogP contribution is -2.41. The van der Waals surface area contributed by atoms with Crippen LogP contribution in [0.4, 0.5) is 11.4 Å². The molecular formula is C26H32N4O3. The van der Waals surface area contributed by atoms with Gasteiger partial charge in [0.2, 0.25) is 5.91 Å². The first-order valence-corrected chi connectivity index (χ1v) is 11.8. The Bertz CT molecular complexity index is 971. The molecule has 2 heterocycles. The van der Waals surface area contributed by atoms with Crippen LogP contribution < -0.4 is 15.5 Å². The Morgan fingerprint density at radius 2 is 1.70 bits per heavy atom. The second-order valence-electron chi connectivity index (χ2n) is 8.92. The van der Waals surface area contributed by atoms with Gasteiger partial charge in [-0.3, -0.25) is 19.3 Å². The van der Waals surface area contributed by atoms with Gasteiger partial charge in [0.25, 0.3) is 0 Å². The number of hydrogen-bond donors (Lipinski definition) is 2. The molecule has 0 aromatic heterocycles. The van der Waals surface area contributed by atoms with E-state index >= 15 is 0 Å². The minimum Gasteiger partial charge on any atom is -0.348 e. The highest BCUT2D eigenvalue weighted by Gasteiger charge is 2.22. The maximum absolute atomic E-state index is 12.4. The Kier molecular flexibility index (Phi) is 7.73. The number of carbonyl (C=O) groups excluding carboxylic acids is 3. The van der Waals surface area contributed by atoms with E-state index in [1.54, 1.807) is 23.1 Å². The number of nitrogens with zero attached hydrogens (tertiary/aromatic N) is 2. The average molecular weight is 449 g/mol. The number of amides is 3. The molecule has 0 aliphatic carbocycles. The van der Waals surface area contributed by atoms with E-state index in [9.17, 15) is 14.4 Å². The summed E-state index contributed by atoms with van der Waals surface area (Å²) in [4.78, 5) is 41.0. The van der Waals surface area contributed by atoms with Crippen molar-refractivity contribution in [2.45, 2.75) is 38.6 Å². The maximum Gasteiger partial charge on any atom is 0.313 e. The van der Waals surface area contributed by atoms with Crippen LogP contribution in [0.2, 0.25) is 0 Å². The first kappa shape index (κ1) is 23.0. The largest absolute Gasteiger partial charge is 0.348 e. The van der Waals surface area contributed by atoms with Gasteiger partial charge in [-0.25, -0.2) is 0 Å². The Morgan fingerprint density at radius 3 is 2.45 bits per heavy atom. The molecule has 3 amide bonds. The van der Waals surface area contributed by atoms with Crippen LogP contribution >= 0.6 is 0 Å². The zero-order valence-electron chi connectivity index (χ0n) is 19.0. The van der Waals surface area contributed by atoms with Crippen molar-refractivity contribution < 1.29 is 14.4 Å². The number of hydrogen-bond acceptors (Lipinski definition) is 4. The SMILES string of the molecule is O=C(NCC1CCN(Cc2ccccc2)CC1)C(=O)Nc1cccc(N2CCCCC2=O)c1. The van der Waals surface area contributed by atoms with E-state index in [0.717, 1.165) is 51.0 Å². The van der Waals surface area contributed by atoms with Crippen molar-refractivity contribution in [1.82, 2.24) is 10.2 Å². The van der Waals surface area contributed by atoms with Gasteiger partial charge in [0.05, 0.1) is 0 Å². The highest BCUT2D eigenvalue weighted by Crippen LogP contribution is 2.24. The molecule has 0 bridgehead atoms. The van der Waals surface area contributed by atoms with Gasteiger partial charge in [0.15, 0.2) is 0 Å². The summed E-state index contributed by atoms with van der Waals surface area (Å²) < 4.78 is 0. The predicted octanol–water partition coefficient (Wildman–Crippen LogP) is 3.17. The van der Waals surface area contributed by atoms with Crippen molar-refractivity contribution in [2.24, 2.45) is 5.92 Å². The fourth-order valence-electron chi connectivity index (χ4n) is 4.53. The molecule has 2 saturated heterocycles. The van der Waals surface area contributed by atoms with E-state index in [-0.39, 0.29) is 5.91 Å². The molecule has 0 spiro atoms. The number of piperidine rings is 2. The van der Waals surface area contributed by atoms with E-state index in [2.05, 4.69) is 39.8 Å². The zero-order valence-corrected chi connectivity index (χ0v) is 19.0. The summed E-state index contributed by atoms with van der Waals surface area (Å²) in [5.41, 5.74) is 2.58. The van der Waals surface area contributed by atoms with Gasteiger partial charge in [0, 0.05) is 37.4 Å². The lowest BCUT2D eigenvalue weighted by atomic mass is 9.96. The minimum absolute atomic E-state index is 0.0947. The predicted molar refractivity (Wildman–Crippen MR) is 129 cm³/mol. The molecule has 2 aliphatic heterocycles. The lowest BCUT2D eigenvalue weighted by molar-refractivity contribution is -0.136. The third-order valence-electron chi connectivity index (χ3n) is 6.45. The number of rotatable bonds is 6. The van der Waals surface area contributed by atoms with Crippen molar-refractivity contribution >= 4 is 29.1 Å². The van der Waals surface area contributed by atoms with E-state index in [4.69, 9.17) is 0 Å². The van der Waals surface area contributed by atoms with Crippen molar-refractivity contribution in [3.05, 3.63) is 60.2 Å². The monoisotopic (exact) mass is 448 g/mol. The molecule has 2 N–H and O–H groups in total. The van der Waals surface area contributed by atoms with Gasteiger partial charge in [-0.15, -0.1) is 0 Å². The summed E-state index contributed by atoms with van der Waals surface area (Å²) in [6.07, 6.45) is 4.43. The van der Waals surface area contributed by atoms with Crippen LogP contribution in [-0.2, 0) is 20.9 Å². The lowest BCUT2D eigenvalue weighted by Gasteiger charge is -2.32. The second-order valence-corrected chi connectivity index (χ2v) is 8.92. The summed E-state index contributed by atoms with van der Waals surface area (Å²) in [6.45, 7) is 4.12. The zero-order chi connectivity index (χ0) is 23.0. The number of anilines is 2. The summed E-state index contributed by atoms with van der Waals surface area (Å²) in [6, 6.07) is 17.6. The first-order valence-electron chi connectivity index (χ1n) is 11.8. The van der Waals surface area contributed by atoms with E-state index in [1.807, 2.05) is 12.1 Å². The van der Waals surface area contributed by atoms with Gasteiger partial charge in [-0.1, -0.05) is 36.4 Å². The summed E-state index contributed by atoms with van der Waals surface area (Å²) in [5.74, 6) is -0.834. The highest BCUT2D eigenvalue weighted by atomic mass is 16.2. The molecule has 7 nitrogen and oxygen atoms in total. The second kappa shape index (κ2) is 11.1. The average Bonchev–Trinajstić information content (AvgIpc) is 2.84. The van der Waals surface area contributed by atoms with Crippen molar-refractivity contribution in [1.29, 1.82) is 0 Å². The smallest absolute Gasteiger partial charge is 0.313 e. The van der Waals surface area contributed by atoms with Gasteiger partial charge in [0.1, 0.15) is 0 Å². The molecular weight excluding hydrogens is 416 g/mol. The quantitative estimate of drug-likeness (QED) is 0.665. The number of likely N-dealkylation sites (tertiary alicyclic amines) is 1. The Morgan fingerprint density at radius 1 is 0.909 bits per heavy atom. The molecule has 2 aromatic rings. The fraction of sp³-hybridized carbons (Fsp3) is 0.423. The highest BCUT2D eigenvalue weighted by molar-refractivity contribution is 6.39. The molecule has 2 fully saturated rings. The number of benzene rings is 2. The molecule has 174 valence electrons. The normalized spacial score (nSPS) is 17.6. The number of nitrogens with one attached hydrogen (secondary N) is 2. The Hall–Kier alpha value is -3.19. The molecule has 0 unspecified atom stereocenters. The van der Waals surface area contributed by atoms with Gasteiger partial charge >= 0.3 is 11.8 Å². The first-order chi connectivity index (χ1) is 16.1. The van der Waals surface area contributed by atoms with Crippen LogP contribution in [0.5, 0.6) is 0 Å². The van der Waals surface area contributed by atoms with Gasteiger partial charge in [-0.05, 0) is 68.5 Å². The minimum atomic E-state index is -0.682. The Labute approximate surface area is 195 Å². The third kappa shape index (κ3) is 6.42. The molecule has 7 heteroatoms. The Balaban J connectivity index is 1.21. The van der Waals surface area contributed by atoms with Crippen molar-refractivity contribution in [3.63, 3.8) is 0 Å². The van der Waals surface area contributed by atoms with Crippen LogP contribution in [0.3, 0.4) is 0 Å². The third-order valence-corrected chi connectivity index (χ3v) is 6.45. The fourth-order valence-corrected chi connectivity index (χ4v) is 4.53. The molecule has 2 aliphatic rings. The van der Waals surface area contributed by atoms with Crippen molar-refractivity contribution in [3.8, 4) is 0 Å². The van der Waals surface area contributed by atoms with E-state index in [1.165, 1.54) is 5.56 Å². The molecule has 4 rings (SSSR count). The van der Waals surface area contributed by atoms with Gasteiger partial charge in [-0.2, -0.15) is 0 Å². The molecule has 0 atom stereocenters. The molecule has 2 aromatic carbocycles. The van der Waals surface area contributed by atoms with Crippen molar-refractivity contribution in [2.75, 3.05) is 36.4 Å². The van der Waals surface area contributed by atoms with Crippen LogP contribution in [0, 0.1) is 5.92 Å². The van der Waals surface area contributed by atoms with Crippen LogP contribution in [-0.4, -0.2) is 48.8 Å². The number of carbonyl (C=O) groups is 3. The van der Waals surface area contributed by atoms with Crippen LogP contribution in [0.1, 0.15) is 37.7 Å². The van der Waals surface area contributed by atoms with Crippen LogP contribution in [0.15, 0.2) is 54.6 Å². The molecule has 0 radical (unpaired) electrons. The maximum atomic E-state index is 12.4.